The van der Waals surface area contributed by atoms with E-state index >= 15 is 0 Å². The molecule has 0 aromatic heterocycles. The van der Waals surface area contributed by atoms with Crippen LogP contribution in [0.2, 0.25) is 0 Å². The minimum Gasteiger partial charge on any atom is -0.480 e. The first kappa shape index (κ1) is 16.0. The lowest BCUT2D eigenvalue weighted by Crippen LogP contribution is -2.46. The molecule has 0 saturated carbocycles. The molecule has 3 rings (SSSR count). The third kappa shape index (κ3) is 3.72. The van der Waals surface area contributed by atoms with Crippen molar-refractivity contribution in [3.8, 4) is 0 Å². The van der Waals surface area contributed by atoms with Crippen molar-refractivity contribution in [3.05, 3.63) is 35.4 Å². The maximum Gasteiger partial charge on any atom is 0.326 e. The van der Waals surface area contributed by atoms with E-state index in [1.54, 1.807) is 0 Å². The van der Waals surface area contributed by atoms with Crippen LogP contribution in [0.25, 0.3) is 0 Å². The van der Waals surface area contributed by atoms with Gasteiger partial charge in [0.05, 0.1) is 0 Å². The number of hydrogen-bond donors (Lipinski definition) is 2. The van der Waals surface area contributed by atoms with Gasteiger partial charge in [-0.1, -0.05) is 24.3 Å². The molecule has 124 valence electrons. The Morgan fingerprint density at radius 2 is 2.09 bits per heavy atom. The number of carbonyl (C=O) groups is 2. The summed E-state index contributed by atoms with van der Waals surface area (Å²) in [7, 11) is 0. The summed E-state index contributed by atoms with van der Waals surface area (Å²) in [6.45, 7) is 0.575. The summed E-state index contributed by atoms with van der Waals surface area (Å²) in [4.78, 5) is 23.7. The number of ether oxygens (including phenoxy) is 1. The number of carbonyl (C=O) groups excluding carboxylic acids is 1. The van der Waals surface area contributed by atoms with E-state index in [-0.39, 0.29) is 11.8 Å². The molecule has 1 aliphatic heterocycles. The molecular formula is C18H23NO4. The van der Waals surface area contributed by atoms with Gasteiger partial charge in [-0.05, 0) is 55.6 Å². The van der Waals surface area contributed by atoms with Crippen molar-refractivity contribution >= 4 is 11.9 Å². The lowest BCUT2D eigenvalue weighted by atomic mass is 9.79. The molecule has 2 aliphatic rings. The van der Waals surface area contributed by atoms with Crippen LogP contribution in [0.5, 0.6) is 0 Å². The summed E-state index contributed by atoms with van der Waals surface area (Å²) >= 11 is 0. The molecule has 3 atom stereocenters. The average Bonchev–Trinajstić information content (AvgIpc) is 3.09. The second kappa shape index (κ2) is 7.13. The number of rotatable bonds is 5. The summed E-state index contributed by atoms with van der Waals surface area (Å²) in [6, 6.07) is 7.36. The topological polar surface area (TPSA) is 75.6 Å². The quantitative estimate of drug-likeness (QED) is 0.873. The van der Waals surface area contributed by atoms with Crippen LogP contribution in [0, 0.1) is 0 Å². The van der Waals surface area contributed by atoms with Crippen molar-refractivity contribution in [2.24, 2.45) is 0 Å². The standard InChI is InChI=1S/C18H23NO4/c20-17(16-9-4-10-23-16)19-15(18(21)22)11-13-7-3-6-12-5-1-2-8-14(12)13/h1-2,5,8,13,15-16H,3-4,6-7,9-11H2,(H,19,20)(H,21,22)/t13?,15?,16-/m0/s1. The highest BCUT2D eigenvalue weighted by atomic mass is 16.5. The molecule has 1 aromatic carbocycles. The van der Waals surface area contributed by atoms with E-state index in [4.69, 9.17) is 4.74 Å². The van der Waals surface area contributed by atoms with Gasteiger partial charge in [0.1, 0.15) is 12.1 Å². The SMILES string of the molecule is O=C(O)C(CC1CCCc2ccccc21)NC(=O)[C@@H]1CCCO1. The highest BCUT2D eigenvalue weighted by molar-refractivity contribution is 5.86. The first-order chi connectivity index (χ1) is 11.1. The monoisotopic (exact) mass is 317 g/mol. The molecule has 1 aromatic rings. The van der Waals surface area contributed by atoms with Crippen LogP contribution in [0.15, 0.2) is 24.3 Å². The van der Waals surface area contributed by atoms with Crippen LogP contribution >= 0.6 is 0 Å². The highest BCUT2D eigenvalue weighted by Crippen LogP contribution is 2.34. The van der Waals surface area contributed by atoms with E-state index in [1.165, 1.54) is 11.1 Å². The molecule has 5 heteroatoms. The van der Waals surface area contributed by atoms with Gasteiger partial charge in [-0.3, -0.25) is 4.79 Å². The Kier molecular flexibility index (Phi) is 4.96. The number of amides is 1. The summed E-state index contributed by atoms with van der Waals surface area (Å²) in [5.41, 5.74) is 2.54. The van der Waals surface area contributed by atoms with Crippen LogP contribution < -0.4 is 5.32 Å². The summed E-state index contributed by atoms with van der Waals surface area (Å²) < 4.78 is 5.34. The number of benzene rings is 1. The fourth-order valence-electron chi connectivity index (χ4n) is 3.65. The predicted octanol–water partition coefficient (Wildman–Crippen LogP) is 2.25. The first-order valence-electron chi connectivity index (χ1n) is 8.37. The van der Waals surface area contributed by atoms with Crippen LogP contribution in [-0.4, -0.2) is 35.7 Å². The maximum absolute atomic E-state index is 12.1. The number of carboxylic acid groups (broad SMARTS) is 1. The number of aryl methyl sites for hydroxylation is 1. The van der Waals surface area contributed by atoms with Crippen molar-refractivity contribution in [1.82, 2.24) is 5.32 Å². The first-order valence-corrected chi connectivity index (χ1v) is 8.37. The molecule has 1 fully saturated rings. The lowest BCUT2D eigenvalue weighted by Gasteiger charge is -2.28. The Morgan fingerprint density at radius 3 is 2.83 bits per heavy atom. The average molecular weight is 317 g/mol. The molecule has 1 aliphatic carbocycles. The van der Waals surface area contributed by atoms with Gasteiger partial charge in [-0.2, -0.15) is 0 Å². The van der Waals surface area contributed by atoms with Gasteiger partial charge in [0.25, 0.3) is 0 Å². The Balaban J connectivity index is 1.68. The highest BCUT2D eigenvalue weighted by Gasteiger charge is 2.31. The van der Waals surface area contributed by atoms with E-state index in [9.17, 15) is 14.7 Å². The van der Waals surface area contributed by atoms with Crippen LogP contribution in [0.1, 0.15) is 49.1 Å². The molecule has 0 radical (unpaired) electrons. The van der Waals surface area contributed by atoms with Crippen molar-refractivity contribution in [1.29, 1.82) is 0 Å². The van der Waals surface area contributed by atoms with Gasteiger partial charge in [-0.15, -0.1) is 0 Å². The van der Waals surface area contributed by atoms with Crippen LogP contribution in [0.3, 0.4) is 0 Å². The minimum absolute atomic E-state index is 0.186. The zero-order chi connectivity index (χ0) is 16.2. The third-order valence-corrected chi connectivity index (χ3v) is 4.85. The lowest BCUT2D eigenvalue weighted by molar-refractivity contribution is -0.144. The Labute approximate surface area is 136 Å². The second-order valence-electron chi connectivity index (χ2n) is 6.42. The Bertz CT molecular complexity index is 580. The fourth-order valence-corrected chi connectivity index (χ4v) is 3.65. The van der Waals surface area contributed by atoms with Crippen molar-refractivity contribution in [2.75, 3.05) is 6.61 Å². The molecule has 5 nitrogen and oxygen atoms in total. The van der Waals surface area contributed by atoms with E-state index in [2.05, 4.69) is 17.4 Å². The molecule has 23 heavy (non-hydrogen) atoms. The van der Waals surface area contributed by atoms with Crippen molar-refractivity contribution < 1.29 is 19.4 Å². The number of nitrogens with one attached hydrogen (secondary N) is 1. The third-order valence-electron chi connectivity index (χ3n) is 4.85. The number of carboxylic acids is 1. The summed E-state index contributed by atoms with van der Waals surface area (Å²) in [5, 5.41) is 12.2. The summed E-state index contributed by atoms with van der Waals surface area (Å²) in [5.74, 6) is -1.08. The molecule has 0 bridgehead atoms. The van der Waals surface area contributed by atoms with Gasteiger partial charge in [-0.25, -0.2) is 4.79 Å². The minimum atomic E-state index is -0.973. The molecule has 1 heterocycles. The number of aliphatic carboxylic acids is 1. The van der Waals surface area contributed by atoms with E-state index < -0.39 is 18.1 Å². The normalized spacial score (nSPS) is 24.7. The smallest absolute Gasteiger partial charge is 0.326 e. The van der Waals surface area contributed by atoms with Crippen molar-refractivity contribution in [2.45, 2.75) is 56.6 Å². The molecule has 1 saturated heterocycles. The van der Waals surface area contributed by atoms with Gasteiger partial charge in [0, 0.05) is 6.61 Å². The van der Waals surface area contributed by atoms with Gasteiger partial charge in [0.2, 0.25) is 5.91 Å². The largest absolute Gasteiger partial charge is 0.480 e. The zero-order valence-electron chi connectivity index (χ0n) is 13.2. The number of hydrogen-bond acceptors (Lipinski definition) is 3. The zero-order valence-corrected chi connectivity index (χ0v) is 13.2. The van der Waals surface area contributed by atoms with Gasteiger partial charge in [0.15, 0.2) is 0 Å². The molecule has 1 amide bonds. The summed E-state index contributed by atoms with van der Waals surface area (Å²) in [6.07, 6.45) is 4.55. The Hall–Kier alpha value is -1.88. The number of fused-ring (bicyclic) bond motifs is 1. The van der Waals surface area contributed by atoms with Gasteiger partial charge < -0.3 is 15.2 Å². The maximum atomic E-state index is 12.1. The Morgan fingerprint density at radius 1 is 1.26 bits per heavy atom. The van der Waals surface area contributed by atoms with Crippen molar-refractivity contribution in [3.63, 3.8) is 0 Å². The second-order valence-corrected chi connectivity index (χ2v) is 6.42. The molecule has 0 spiro atoms. The predicted molar refractivity (Wildman–Crippen MR) is 85.3 cm³/mol. The van der Waals surface area contributed by atoms with Gasteiger partial charge >= 0.3 is 5.97 Å². The molecule has 2 unspecified atom stereocenters. The van der Waals surface area contributed by atoms with E-state index in [0.29, 0.717) is 19.4 Å². The van der Waals surface area contributed by atoms with E-state index in [1.807, 2.05) is 12.1 Å². The van der Waals surface area contributed by atoms with Crippen LogP contribution in [-0.2, 0) is 20.7 Å². The molecular weight excluding hydrogens is 294 g/mol. The fraction of sp³-hybridized carbons (Fsp3) is 0.556. The molecule has 2 N–H and O–H groups in total. The van der Waals surface area contributed by atoms with Crippen LogP contribution in [0.4, 0.5) is 0 Å². The van der Waals surface area contributed by atoms with E-state index in [0.717, 1.165) is 25.7 Å².